The molecular formula is C13H13F2N3. The zero-order valence-electron chi connectivity index (χ0n) is 9.82. The van der Waals surface area contributed by atoms with Crippen molar-refractivity contribution >= 4 is 0 Å². The minimum Gasteiger partial charge on any atom is -0.271 e. The number of nitrogens with two attached hydrogens (primary N) is 1. The van der Waals surface area contributed by atoms with Crippen LogP contribution in [0.3, 0.4) is 0 Å². The molecule has 0 saturated carbocycles. The third-order valence-electron chi connectivity index (χ3n) is 2.78. The van der Waals surface area contributed by atoms with E-state index in [0.717, 1.165) is 5.56 Å². The van der Waals surface area contributed by atoms with Crippen LogP contribution in [0.1, 0.15) is 22.9 Å². The van der Waals surface area contributed by atoms with E-state index in [4.69, 9.17) is 5.84 Å². The average molecular weight is 249 g/mol. The van der Waals surface area contributed by atoms with E-state index < -0.39 is 17.7 Å². The molecule has 18 heavy (non-hydrogen) atoms. The van der Waals surface area contributed by atoms with Crippen molar-refractivity contribution in [2.75, 3.05) is 0 Å². The second-order valence-electron chi connectivity index (χ2n) is 3.94. The highest BCUT2D eigenvalue weighted by Crippen LogP contribution is 2.26. The number of pyridine rings is 1. The number of halogens is 2. The number of nitrogens with one attached hydrogen (secondary N) is 1. The summed E-state index contributed by atoms with van der Waals surface area (Å²) in [5.74, 6) is 4.12. The van der Waals surface area contributed by atoms with Gasteiger partial charge in [0.05, 0.1) is 11.7 Å². The molecule has 1 aromatic heterocycles. The molecular weight excluding hydrogens is 236 g/mol. The third-order valence-corrected chi connectivity index (χ3v) is 2.78. The normalized spacial score (nSPS) is 12.4. The van der Waals surface area contributed by atoms with Crippen molar-refractivity contribution in [3.05, 3.63) is 65.0 Å². The molecule has 0 radical (unpaired) electrons. The van der Waals surface area contributed by atoms with Crippen molar-refractivity contribution in [1.82, 2.24) is 10.4 Å². The number of hydrogen-bond acceptors (Lipinski definition) is 3. The summed E-state index contributed by atoms with van der Waals surface area (Å²) < 4.78 is 27.5. The molecule has 2 rings (SSSR count). The molecule has 0 bridgehead atoms. The van der Waals surface area contributed by atoms with Gasteiger partial charge in [0.1, 0.15) is 11.6 Å². The van der Waals surface area contributed by atoms with Crippen molar-refractivity contribution in [2.45, 2.75) is 13.0 Å². The summed E-state index contributed by atoms with van der Waals surface area (Å²) in [5.41, 5.74) is 3.60. The van der Waals surface area contributed by atoms with Crippen LogP contribution in [0.25, 0.3) is 0 Å². The van der Waals surface area contributed by atoms with Gasteiger partial charge >= 0.3 is 0 Å². The van der Waals surface area contributed by atoms with Crippen molar-refractivity contribution in [3.63, 3.8) is 0 Å². The Bertz CT molecular complexity index is 537. The van der Waals surface area contributed by atoms with Crippen molar-refractivity contribution in [3.8, 4) is 0 Å². The Hall–Kier alpha value is -1.85. The Labute approximate surface area is 104 Å². The quantitative estimate of drug-likeness (QED) is 0.647. The smallest absolute Gasteiger partial charge is 0.131 e. The lowest BCUT2D eigenvalue weighted by molar-refractivity contribution is 0.504. The number of rotatable bonds is 3. The Morgan fingerprint density at radius 3 is 2.39 bits per heavy atom. The maximum Gasteiger partial charge on any atom is 0.131 e. The molecule has 3 N–H and O–H groups in total. The second-order valence-corrected chi connectivity index (χ2v) is 3.94. The number of benzene rings is 1. The molecule has 3 nitrogen and oxygen atoms in total. The first-order chi connectivity index (χ1) is 8.65. The van der Waals surface area contributed by atoms with Crippen LogP contribution in [-0.4, -0.2) is 4.98 Å². The lowest BCUT2D eigenvalue weighted by Crippen LogP contribution is -2.31. The third kappa shape index (κ3) is 2.23. The predicted octanol–water partition coefficient (Wildman–Crippen LogP) is 2.22. The topological polar surface area (TPSA) is 50.9 Å². The highest BCUT2D eigenvalue weighted by molar-refractivity contribution is 5.33. The van der Waals surface area contributed by atoms with E-state index in [1.165, 1.54) is 18.2 Å². The van der Waals surface area contributed by atoms with Gasteiger partial charge < -0.3 is 0 Å². The van der Waals surface area contributed by atoms with Crippen LogP contribution in [0.15, 0.2) is 36.5 Å². The number of aromatic nitrogens is 1. The van der Waals surface area contributed by atoms with Crippen LogP contribution in [0.5, 0.6) is 0 Å². The van der Waals surface area contributed by atoms with E-state index in [0.29, 0.717) is 5.69 Å². The SMILES string of the molecule is Cc1cccnc1C(NN)c1c(F)cccc1F. The van der Waals surface area contributed by atoms with Gasteiger partial charge in [-0.2, -0.15) is 0 Å². The maximum absolute atomic E-state index is 13.7. The minimum absolute atomic E-state index is 0.123. The fraction of sp³-hybridized carbons (Fsp3) is 0.154. The standard InChI is InChI=1S/C13H13F2N3/c1-8-4-3-7-17-12(8)13(18-16)11-9(14)5-2-6-10(11)15/h2-7,13,18H,16H2,1H3. The van der Waals surface area contributed by atoms with Crippen LogP contribution in [0, 0.1) is 18.6 Å². The maximum atomic E-state index is 13.7. The number of aryl methyl sites for hydroxylation is 1. The monoisotopic (exact) mass is 249 g/mol. The van der Waals surface area contributed by atoms with E-state index >= 15 is 0 Å². The Morgan fingerprint density at radius 2 is 1.83 bits per heavy atom. The molecule has 0 spiro atoms. The largest absolute Gasteiger partial charge is 0.271 e. The number of nitrogens with zero attached hydrogens (tertiary/aromatic N) is 1. The summed E-state index contributed by atoms with van der Waals surface area (Å²) >= 11 is 0. The Morgan fingerprint density at radius 1 is 1.17 bits per heavy atom. The zero-order valence-corrected chi connectivity index (χ0v) is 9.82. The molecule has 1 heterocycles. The van der Waals surface area contributed by atoms with Gasteiger partial charge in [-0.05, 0) is 30.7 Å². The number of hydrazine groups is 1. The summed E-state index contributed by atoms with van der Waals surface area (Å²) in [6.07, 6.45) is 1.56. The summed E-state index contributed by atoms with van der Waals surface area (Å²) in [5, 5.41) is 0. The Balaban J connectivity index is 2.56. The van der Waals surface area contributed by atoms with Crippen LogP contribution >= 0.6 is 0 Å². The van der Waals surface area contributed by atoms with Gasteiger partial charge in [-0.3, -0.25) is 10.8 Å². The summed E-state index contributed by atoms with van der Waals surface area (Å²) in [6, 6.07) is 6.46. The van der Waals surface area contributed by atoms with Gasteiger partial charge in [-0.1, -0.05) is 12.1 Å². The second kappa shape index (κ2) is 5.20. The molecule has 1 unspecified atom stereocenters. The first-order valence-corrected chi connectivity index (χ1v) is 5.46. The molecule has 1 aromatic carbocycles. The van der Waals surface area contributed by atoms with E-state index in [1.807, 2.05) is 13.0 Å². The van der Waals surface area contributed by atoms with Gasteiger partial charge in [0.2, 0.25) is 0 Å². The predicted molar refractivity (Wildman–Crippen MR) is 64.5 cm³/mol. The van der Waals surface area contributed by atoms with E-state index in [2.05, 4.69) is 10.4 Å². The van der Waals surface area contributed by atoms with Crippen molar-refractivity contribution in [2.24, 2.45) is 5.84 Å². The van der Waals surface area contributed by atoms with Gasteiger partial charge in [-0.25, -0.2) is 14.2 Å². The summed E-state index contributed by atoms with van der Waals surface area (Å²) in [7, 11) is 0. The minimum atomic E-state index is -0.813. The van der Waals surface area contributed by atoms with Crippen LogP contribution in [0.4, 0.5) is 8.78 Å². The van der Waals surface area contributed by atoms with E-state index in [9.17, 15) is 8.78 Å². The lowest BCUT2D eigenvalue weighted by Gasteiger charge is -2.18. The van der Waals surface area contributed by atoms with Crippen LogP contribution in [-0.2, 0) is 0 Å². The molecule has 5 heteroatoms. The van der Waals surface area contributed by atoms with Crippen LogP contribution < -0.4 is 11.3 Å². The molecule has 0 aliphatic carbocycles. The van der Waals surface area contributed by atoms with Crippen molar-refractivity contribution in [1.29, 1.82) is 0 Å². The molecule has 0 saturated heterocycles. The first kappa shape index (κ1) is 12.6. The van der Waals surface area contributed by atoms with Gasteiger partial charge in [0.25, 0.3) is 0 Å². The van der Waals surface area contributed by atoms with Crippen molar-refractivity contribution < 1.29 is 8.78 Å². The zero-order chi connectivity index (χ0) is 13.1. The fourth-order valence-electron chi connectivity index (χ4n) is 1.89. The molecule has 0 aliphatic heterocycles. The fourth-order valence-corrected chi connectivity index (χ4v) is 1.89. The Kier molecular flexibility index (Phi) is 3.64. The van der Waals surface area contributed by atoms with Gasteiger partial charge in [-0.15, -0.1) is 0 Å². The average Bonchev–Trinajstić information content (AvgIpc) is 2.35. The van der Waals surface area contributed by atoms with E-state index in [1.54, 1.807) is 12.3 Å². The lowest BCUT2D eigenvalue weighted by atomic mass is 9.99. The molecule has 1 atom stereocenters. The summed E-state index contributed by atoms with van der Waals surface area (Å²) in [6.45, 7) is 1.81. The van der Waals surface area contributed by atoms with Crippen LogP contribution in [0.2, 0.25) is 0 Å². The van der Waals surface area contributed by atoms with Gasteiger partial charge in [0, 0.05) is 11.8 Å². The highest BCUT2D eigenvalue weighted by atomic mass is 19.1. The number of hydrogen-bond donors (Lipinski definition) is 2. The van der Waals surface area contributed by atoms with E-state index in [-0.39, 0.29) is 5.56 Å². The highest BCUT2D eigenvalue weighted by Gasteiger charge is 2.22. The molecule has 2 aromatic rings. The van der Waals surface area contributed by atoms with Gasteiger partial charge in [0.15, 0.2) is 0 Å². The molecule has 94 valence electrons. The first-order valence-electron chi connectivity index (χ1n) is 5.46. The molecule has 0 amide bonds. The molecule has 0 fully saturated rings. The molecule has 0 aliphatic rings. The summed E-state index contributed by atoms with van der Waals surface area (Å²) in [4.78, 5) is 4.13.